The lowest BCUT2D eigenvalue weighted by Crippen LogP contribution is -2.43. The summed E-state index contributed by atoms with van der Waals surface area (Å²) in [6.45, 7) is 0. The van der Waals surface area contributed by atoms with E-state index in [1.165, 1.54) is 131 Å². The van der Waals surface area contributed by atoms with Crippen molar-refractivity contribution >= 4 is 53.9 Å². The molecule has 290 valence electrons. The first-order valence-electron chi connectivity index (χ1n) is 22.1. The van der Waals surface area contributed by atoms with Gasteiger partial charge >= 0.3 is 0 Å². The summed E-state index contributed by atoms with van der Waals surface area (Å²) in [5, 5.41) is 5.22. The van der Waals surface area contributed by atoms with Crippen molar-refractivity contribution in [1.82, 2.24) is 0 Å². The molecule has 0 unspecified atom stereocenters. The Morgan fingerprint density at radius 3 is 1.48 bits per heavy atom. The van der Waals surface area contributed by atoms with E-state index >= 15 is 0 Å². The second-order valence-corrected chi connectivity index (χ2v) is 18.8. The minimum Gasteiger partial charge on any atom is -0.135 e. The molecule has 1 heteroatoms. The fourth-order valence-electron chi connectivity index (χ4n) is 12.9. The molecule has 0 bridgehead atoms. The molecule has 11 aromatic rings. The molecule has 15 rings (SSSR count). The summed E-state index contributed by atoms with van der Waals surface area (Å²) >= 11 is 1.88. The van der Waals surface area contributed by atoms with Crippen molar-refractivity contribution in [1.29, 1.82) is 0 Å². The molecule has 0 N–H and O–H groups in total. The molecule has 4 aliphatic rings. The van der Waals surface area contributed by atoms with Crippen LogP contribution in [-0.2, 0) is 10.8 Å². The molecule has 0 nitrogen and oxygen atoms in total. The number of rotatable bonds is 1. The monoisotopic (exact) mass is 812 g/mol. The fourth-order valence-corrected chi connectivity index (χ4v) is 14.0. The van der Waals surface area contributed by atoms with Gasteiger partial charge < -0.3 is 0 Å². The van der Waals surface area contributed by atoms with Crippen molar-refractivity contribution in [3.8, 4) is 33.4 Å². The van der Waals surface area contributed by atoms with E-state index in [-0.39, 0.29) is 0 Å². The standard InChI is InChI=1S/C62H36S/c1-2-16-39-38(15-1)30-31-43-46(35-37-29-34-57-47(36-37)42-19-6-14-28-56(42)63-57)44-32-33-55-59(60(44)58(39)43)45-20-5-9-23-50(45)62(55)53-26-12-10-24-51(53)61(52-25-11-13-27-54(52)62)48-21-7-3-17-40(48)41-18-4-8-22-49(41)61/h1-36H/b46-35+. The van der Waals surface area contributed by atoms with E-state index in [1.807, 2.05) is 11.3 Å². The molecule has 0 radical (unpaired) electrons. The van der Waals surface area contributed by atoms with Gasteiger partial charge in [0.05, 0.1) is 10.8 Å². The largest absolute Gasteiger partial charge is 0.135 e. The maximum atomic E-state index is 2.51. The van der Waals surface area contributed by atoms with Gasteiger partial charge in [0.25, 0.3) is 0 Å². The molecule has 1 heterocycles. The number of benzene rings is 10. The molecular weight excluding hydrogens is 777 g/mol. The van der Waals surface area contributed by atoms with Gasteiger partial charge in [0, 0.05) is 20.2 Å². The molecule has 0 aliphatic heterocycles. The van der Waals surface area contributed by atoms with Crippen molar-refractivity contribution in [2.75, 3.05) is 0 Å². The lowest BCUT2D eigenvalue weighted by atomic mass is 9.52. The van der Waals surface area contributed by atoms with Crippen LogP contribution in [0, 0.1) is 0 Å². The van der Waals surface area contributed by atoms with Gasteiger partial charge in [-0.05, 0) is 135 Å². The Hall–Kier alpha value is -7.58. The van der Waals surface area contributed by atoms with Gasteiger partial charge in [0.2, 0.25) is 0 Å². The predicted molar refractivity (Wildman–Crippen MR) is 264 cm³/mol. The van der Waals surface area contributed by atoms with Crippen LogP contribution in [-0.4, -0.2) is 0 Å². The van der Waals surface area contributed by atoms with Gasteiger partial charge in [-0.2, -0.15) is 0 Å². The molecule has 0 fully saturated rings. The second-order valence-electron chi connectivity index (χ2n) is 17.8. The van der Waals surface area contributed by atoms with Crippen molar-refractivity contribution in [2.45, 2.75) is 10.8 Å². The third-order valence-corrected chi connectivity index (χ3v) is 16.3. The summed E-state index contributed by atoms with van der Waals surface area (Å²) in [6.07, 6.45) is 2.46. The highest BCUT2D eigenvalue weighted by molar-refractivity contribution is 7.25. The number of thiophene rings is 1. The van der Waals surface area contributed by atoms with E-state index < -0.39 is 10.8 Å². The van der Waals surface area contributed by atoms with E-state index in [0.29, 0.717) is 0 Å². The van der Waals surface area contributed by atoms with Gasteiger partial charge in [0.15, 0.2) is 0 Å². The van der Waals surface area contributed by atoms with E-state index in [9.17, 15) is 0 Å². The van der Waals surface area contributed by atoms with Crippen LogP contribution >= 0.6 is 11.3 Å². The normalized spacial score (nSPS) is 15.6. The molecule has 0 saturated heterocycles. The zero-order valence-electron chi connectivity index (χ0n) is 34.2. The summed E-state index contributed by atoms with van der Waals surface area (Å²) in [5.74, 6) is 0. The third kappa shape index (κ3) is 4.04. The highest BCUT2D eigenvalue weighted by Crippen LogP contribution is 2.69. The van der Waals surface area contributed by atoms with Crippen LogP contribution in [0.4, 0.5) is 0 Å². The van der Waals surface area contributed by atoms with Gasteiger partial charge in [-0.3, -0.25) is 0 Å². The molecule has 0 amide bonds. The second kappa shape index (κ2) is 12.1. The van der Waals surface area contributed by atoms with Crippen molar-refractivity contribution in [2.24, 2.45) is 0 Å². The van der Waals surface area contributed by atoms with Gasteiger partial charge in [-0.25, -0.2) is 0 Å². The molecular formula is C62H36S. The number of fused-ring (bicyclic) bond motifs is 25. The molecule has 63 heavy (non-hydrogen) atoms. The summed E-state index contributed by atoms with van der Waals surface area (Å²) in [6, 6.07) is 81.1. The van der Waals surface area contributed by atoms with Gasteiger partial charge in [-0.1, -0.05) is 194 Å². The van der Waals surface area contributed by atoms with Crippen LogP contribution < -0.4 is 0 Å². The zero-order chi connectivity index (χ0) is 41.0. The molecule has 1 aromatic heterocycles. The molecule has 0 saturated carbocycles. The van der Waals surface area contributed by atoms with Crippen LogP contribution in [0.2, 0.25) is 0 Å². The maximum absolute atomic E-state index is 2.51. The maximum Gasteiger partial charge on any atom is 0.0720 e. The SMILES string of the molecule is C(=C1\c2ccc3c(c2-c2c1ccc1ccccc21)-c1ccccc1C31c2ccccc2C2(c3ccccc3-c3ccccc32)c2ccccc21)/c1ccc2sc3ccccc3c2c1. The van der Waals surface area contributed by atoms with Crippen LogP contribution in [0.3, 0.4) is 0 Å². The average Bonchev–Trinajstić information content (AvgIpc) is 4.06. The quantitative estimate of drug-likeness (QED) is 0.155. The Bertz CT molecular complexity index is 3780. The van der Waals surface area contributed by atoms with Crippen molar-refractivity contribution in [3.63, 3.8) is 0 Å². The minimum atomic E-state index is -0.547. The van der Waals surface area contributed by atoms with Crippen LogP contribution in [0.15, 0.2) is 212 Å². The summed E-state index contributed by atoms with van der Waals surface area (Å²) in [5.41, 5.74) is 23.0. The van der Waals surface area contributed by atoms with E-state index in [1.54, 1.807) is 0 Å². The first-order chi connectivity index (χ1) is 31.3. The van der Waals surface area contributed by atoms with Crippen LogP contribution in [0.25, 0.3) is 76.0 Å². The molecule has 0 atom stereocenters. The first-order valence-corrected chi connectivity index (χ1v) is 22.9. The highest BCUT2D eigenvalue weighted by atomic mass is 32.1. The predicted octanol–water partition coefficient (Wildman–Crippen LogP) is 15.8. The highest BCUT2D eigenvalue weighted by Gasteiger charge is 2.59. The Balaban J connectivity index is 1.06. The summed E-state index contributed by atoms with van der Waals surface area (Å²) in [7, 11) is 0. The van der Waals surface area contributed by atoms with Gasteiger partial charge in [-0.15, -0.1) is 11.3 Å². The Morgan fingerprint density at radius 1 is 0.302 bits per heavy atom. The Kier molecular flexibility index (Phi) is 6.53. The topological polar surface area (TPSA) is 0 Å². The first kappa shape index (κ1) is 34.1. The summed E-state index contributed by atoms with van der Waals surface area (Å²) in [4.78, 5) is 0. The average molecular weight is 813 g/mol. The lowest BCUT2D eigenvalue weighted by Gasteiger charge is -2.48. The van der Waals surface area contributed by atoms with Gasteiger partial charge in [0.1, 0.15) is 0 Å². The molecule has 4 aliphatic carbocycles. The van der Waals surface area contributed by atoms with Crippen molar-refractivity contribution < 1.29 is 0 Å². The lowest BCUT2D eigenvalue weighted by molar-refractivity contribution is 0.633. The smallest absolute Gasteiger partial charge is 0.0720 e. The van der Waals surface area contributed by atoms with Crippen LogP contribution in [0.1, 0.15) is 61.2 Å². The zero-order valence-corrected chi connectivity index (χ0v) is 35.0. The fraction of sp³-hybridized carbons (Fsp3) is 0.0323. The molecule has 2 spiro atoms. The molecule has 10 aromatic carbocycles. The Morgan fingerprint density at radius 2 is 0.794 bits per heavy atom. The van der Waals surface area contributed by atoms with E-state index in [0.717, 1.165) is 0 Å². The van der Waals surface area contributed by atoms with Crippen LogP contribution in [0.5, 0.6) is 0 Å². The number of hydrogen-bond acceptors (Lipinski definition) is 1. The van der Waals surface area contributed by atoms with E-state index in [4.69, 9.17) is 0 Å². The Labute approximate surface area is 369 Å². The van der Waals surface area contributed by atoms with E-state index in [2.05, 4.69) is 218 Å². The summed E-state index contributed by atoms with van der Waals surface area (Å²) < 4.78 is 2.66. The van der Waals surface area contributed by atoms with Crippen molar-refractivity contribution in [3.05, 3.63) is 274 Å². The third-order valence-electron chi connectivity index (χ3n) is 15.1. The minimum absolute atomic E-state index is 0.465. The number of hydrogen-bond donors (Lipinski definition) is 0.